The average Bonchev–Trinajstić information content (AvgIpc) is 2.45. The minimum absolute atomic E-state index is 0.0999. The van der Waals surface area contributed by atoms with Gasteiger partial charge < -0.3 is 10.6 Å². The number of hydrogen-bond acceptors (Lipinski definition) is 3. The van der Waals surface area contributed by atoms with Crippen molar-refractivity contribution in [3.8, 4) is 0 Å². The monoisotopic (exact) mass is 309 g/mol. The van der Waals surface area contributed by atoms with Crippen molar-refractivity contribution in [3.63, 3.8) is 0 Å². The van der Waals surface area contributed by atoms with E-state index >= 15 is 0 Å². The summed E-state index contributed by atoms with van der Waals surface area (Å²) in [5.41, 5.74) is 7.74. The van der Waals surface area contributed by atoms with E-state index in [1.807, 2.05) is 24.3 Å². The molecule has 2 N–H and O–H groups in total. The fraction of sp³-hybridized carbons (Fsp3) is 0.647. The zero-order valence-electron chi connectivity index (χ0n) is 13.5. The first-order valence-electron chi connectivity index (χ1n) is 7.85. The van der Waals surface area contributed by atoms with Crippen molar-refractivity contribution in [1.29, 1.82) is 0 Å². The Labute approximate surface area is 134 Å². The van der Waals surface area contributed by atoms with Crippen LogP contribution in [0.25, 0.3) is 0 Å². The highest BCUT2D eigenvalue weighted by molar-refractivity contribution is 6.30. The summed E-state index contributed by atoms with van der Waals surface area (Å²) in [6.45, 7) is 12.5. The molecule has 1 aromatic carbocycles. The highest BCUT2D eigenvalue weighted by Crippen LogP contribution is 2.19. The van der Waals surface area contributed by atoms with Crippen LogP contribution < -0.4 is 5.73 Å². The molecule has 1 saturated heterocycles. The third kappa shape index (κ3) is 4.96. The van der Waals surface area contributed by atoms with Gasteiger partial charge in [-0.25, -0.2) is 0 Å². The Morgan fingerprint density at radius 3 is 2.19 bits per heavy atom. The van der Waals surface area contributed by atoms with E-state index in [1.54, 1.807) is 0 Å². The van der Waals surface area contributed by atoms with Crippen molar-refractivity contribution < 1.29 is 0 Å². The molecule has 1 aliphatic rings. The third-order valence-electron chi connectivity index (χ3n) is 4.38. The van der Waals surface area contributed by atoms with E-state index < -0.39 is 0 Å². The van der Waals surface area contributed by atoms with Gasteiger partial charge in [0.2, 0.25) is 0 Å². The van der Waals surface area contributed by atoms with Gasteiger partial charge in [-0.05, 0) is 44.9 Å². The van der Waals surface area contributed by atoms with Crippen LogP contribution in [0, 0.1) is 0 Å². The maximum atomic E-state index is 6.28. The molecule has 118 valence electrons. The van der Waals surface area contributed by atoms with Gasteiger partial charge in [0.1, 0.15) is 0 Å². The van der Waals surface area contributed by atoms with Gasteiger partial charge in [-0.3, -0.25) is 4.90 Å². The van der Waals surface area contributed by atoms with Crippen LogP contribution in [0.2, 0.25) is 5.02 Å². The van der Waals surface area contributed by atoms with E-state index in [9.17, 15) is 0 Å². The molecular weight excluding hydrogens is 282 g/mol. The van der Waals surface area contributed by atoms with Gasteiger partial charge in [-0.2, -0.15) is 0 Å². The van der Waals surface area contributed by atoms with Gasteiger partial charge in [-0.1, -0.05) is 23.7 Å². The van der Waals surface area contributed by atoms with Crippen LogP contribution >= 0.6 is 11.6 Å². The largest absolute Gasteiger partial charge is 0.324 e. The van der Waals surface area contributed by atoms with Crippen molar-refractivity contribution in [3.05, 3.63) is 34.9 Å². The number of nitrogens with two attached hydrogens (primary N) is 1. The van der Waals surface area contributed by atoms with E-state index in [0.29, 0.717) is 0 Å². The molecule has 1 aromatic rings. The first-order chi connectivity index (χ1) is 9.86. The molecule has 1 heterocycles. The number of nitrogens with zero attached hydrogens (tertiary/aromatic N) is 2. The van der Waals surface area contributed by atoms with Crippen molar-refractivity contribution in [2.45, 2.75) is 38.8 Å². The lowest BCUT2D eigenvalue weighted by Crippen LogP contribution is -2.53. The molecule has 0 radical (unpaired) electrons. The standard InChI is InChI=1S/C17H28ClN3/c1-17(2,3)21-12-10-20(11-13-21)9-8-16(19)14-4-6-15(18)7-5-14/h4-7,16H,8-13,19H2,1-3H3. The summed E-state index contributed by atoms with van der Waals surface area (Å²) in [7, 11) is 0. The Bertz CT molecular complexity index is 430. The molecular formula is C17H28ClN3. The molecule has 0 amide bonds. The predicted molar refractivity (Wildman–Crippen MR) is 90.8 cm³/mol. The van der Waals surface area contributed by atoms with Crippen LogP contribution in [0.5, 0.6) is 0 Å². The summed E-state index contributed by atoms with van der Waals surface area (Å²) >= 11 is 5.91. The summed E-state index contributed by atoms with van der Waals surface area (Å²) in [6, 6.07) is 8.00. The SMILES string of the molecule is CC(C)(C)N1CCN(CCC(N)c2ccc(Cl)cc2)CC1. The van der Waals surface area contributed by atoms with Crippen molar-refractivity contribution >= 4 is 11.6 Å². The Hall–Kier alpha value is -0.610. The second-order valence-corrected chi connectivity index (χ2v) is 7.38. The van der Waals surface area contributed by atoms with Crippen LogP contribution in [0.4, 0.5) is 0 Å². The molecule has 0 bridgehead atoms. The van der Waals surface area contributed by atoms with Crippen LogP contribution in [0.1, 0.15) is 38.8 Å². The summed E-state index contributed by atoms with van der Waals surface area (Å²) < 4.78 is 0. The molecule has 0 saturated carbocycles. The highest BCUT2D eigenvalue weighted by Gasteiger charge is 2.25. The lowest BCUT2D eigenvalue weighted by Gasteiger charge is -2.42. The molecule has 3 nitrogen and oxygen atoms in total. The van der Waals surface area contributed by atoms with Crippen LogP contribution in [-0.4, -0.2) is 48.1 Å². The third-order valence-corrected chi connectivity index (χ3v) is 4.63. The molecule has 1 aliphatic heterocycles. The van der Waals surface area contributed by atoms with Crippen molar-refractivity contribution in [2.75, 3.05) is 32.7 Å². The van der Waals surface area contributed by atoms with Gasteiger partial charge in [0.15, 0.2) is 0 Å². The van der Waals surface area contributed by atoms with Crippen molar-refractivity contribution in [2.24, 2.45) is 5.73 Å². The topological polar surface area (TPSA) is 32.5 Å². The fourth-order valence-electron chi connectivity index (χ4n) is 2.84. The lowest BCUT2D eigenvalue weighted by atomic mass is 10.0. The van der Waals surface area contributed by atoms with Gasteiger partial charge in [0.25, 0.3) is 0 Å². The van der Waals surface area contributed by atoms with E-state index in [4.69, 9.17) is 17.3 Å². The number of rotatable bonds is 4. The van der Waals surface area contributed by atoms with Crippen LogP contribution in [0.3, 0.4) is 0 Å². The second kappa shape index (κ2) is 7.10. The zero-order chi connectivity index (χ0) is 15.5. The summed E-state index contributed by atoms with van der Waals surface area (Å²) in [4.78, 5) is 5.08. The number of hydrogen-bond donors (Lipinski definition) is 1. The van der Waals surface area contributed by atoms with Crippen molar-refractivity contribution in [1.82, 2.24) is 9.80 Å². The number of benzene rings is 1. The summed E-state index contributed by atoms with van der Waals surface area (Å²) in [5, 5.41) is 0.768. The maximum Gasteiger partial charge on any atom is 0.0406 e. The first-order valence-corrected chi connectivity index (χ1v) is 8.22. The van der Waals surface area contributed by atoms with E-state index in [2.05, 4.69) is 30.6 Å². The minimum atomic E-state index is 0.0999. The van der Waals surface area contributed by atoms with Gasteiger partial charge >= 0.3 is 0 Å². The summed E-state index contributed by atoms with van der Waals surface area (Å²) in [6.07, 6.45) is 0.997. The molecule has 0 spiro atoms. The Morgan fingerprint density at radius 2 is 1.67 bits per heavy atom. The van der Waals surface area contributed by atoms with E-state index in [-0.39, 0.29) is 11.6 Å². The Morgan fingerprint density at radius 1 is 1.10 bits per heavy atom. The normalized spacial score (nSPS) is 19.7. The molecule has 0 aliphatic carbocycles. The Balaban J connectivity index is 1.76. The molecule has 1 fully saturated rings. The number of piperazine rings is 1. The van der Waals surface area contributed by atoms with Crippen LogP contribution in [-0.2, 0) is 0 Å². The molecule has 0 aromatic heterocycles. The minimum Gasteiger partial charge on any atom is -0.324 e. The molecule has 4 heteroatoms. The zero-order valence-corrected chi connectivity index (χ0v) is 14.2. The lowest BCUT2D eigenvalue weighted by molar-refractivity contribution is 0.0611. The van der Waals surface area contributed by atoms with Gasteiger partial charge in [0.05, 0.1) is 0 Å². The highest BCUT2D eigenvalue weighted by atomic mass is 35.5. The molecule has 1 atom stereocenters. The van der Waals surface area contributed by atoms with Gasteiger partial charge in [-0.15, -0.1) is 0 Å². The number of halogens is 1. The molecule has 1 unspecified atom stereocenters. The Kier molecular flexibility index (Phi) is 5.67. The fourth-order valence-corrected chi connectivity index (χ4v) is 2.97. The van der Waals surface area contributed by atoms with Crippen LogP contribution in [0.15, 0.2) is 24.3 Å². The predicted octanol–water partition coefficient (Wildman–Crippen LogP) is 3.15. The molecule has 21 heavy (non-hydrogen) atoms. The molecule has 2 rings (SSSR count). The van der Waals surface area contributed by atoms with Gasteiger partial charge in [0, 0.05) is 49.3 Å². The maximum absolute atomic E-state index is 6.28. The smallest absolute Gasteiger partial charge is 0.0406 e. The quantitative estimate of drug-likeness (QED) is 0.927. The average molecular weight is 310 g/mol. The summed E-state index contributed by atoms with van der Waals surface area (Å²) in [5.74, 6) is 0. The first kappa shape index (κ1) is 16.8. The second-order valence-electron chi connectivity index (χ2n) is 6.95. The van der Waals surface area contributed by atoms with E-state index in [1.165, 1.54) is 5.56 Å². The van der Waals surface area contributed by atoms with E-state index in [0.717, 1.165) is 44.2 Å².